The Morgan fingerprint density at radius 3 is 2.54 bits per heavy atom. The Hall–Kier alpha value is -1.36. The van der Waals surface area contributed by atoms with Gasteiger partial charge in [0.05, 0.1) is 6.61 Å². The quantitative estimate of drug-likeness (QED) is 0.454. The van der Waals surface area contributed by atoms with Crippen LogP contribution in [0.3, 0.4) is 0 Å². The van der Waals surface area contributed by atoms with Crippen LogP contribution in [-0.2, 0) is 0 Å². The van der Waals surface area contributed by atoms with Gasteiger partial charge in [-0.25, -0.2) is 4.39 Å². The van der Waals surface area contributed by atoms with Crippen LogP contribution in [0.25, 0.3) is 0 Å². The first-order chi connectivity index (χ1) is 16.8. The molecule has 9 heteroatoms. The van der Waals surface area contributed by atoms with Crippen LogP contribution in [0.2, 0.25) is 0 Å². The monoisotopic (exact) mass is 610 g/mol. The third-order valence-corrected chi connectivity index (χ3v) is 8.01. The summed E-state index contributed by atoms with van der Waals surface area (Å²) < 4.78 is 15.3. The fourth-order valence-electron chi connectivity index (χ4n) is 5.11. The molecule has 4 rings (SSSR count). The number of hydrogen-bond acceptors (Lipinski definition) is 5. The molecule has 35 heavy (non-hydrogen) atoms. The van der Waals surface area contributed by atoms with Crippen LogP contribution >= 0.6 is 31.9 Å². The molecule has 0 aromatic heterocycles. The van der Waals surface area contributed by atoms with Gasteiger partial charge in [0.2, 0.25) is 0 Å². The summed E-state index contributed by atoms with van der Waals surface area (Å²) >= 11 is 6.92. The molecule has 0 saturated carbocycles. The van der Waals surface area contributed by atoms with E-state index in [1.165, 1.54) is 12.1 Å². The highest BCUT2D eigenvalue weighted by Gasteiger charge is 2.36. The Labute approximate surface area is 223 Å². The van der Waals surface area contributed by atoms with Crippen LogP contribution in [0.5, 0.6) is 0 Å². The van der Waals surface area contributed by atoms with Gasteiger partial charge >= 0.3 is 0 Å². The first-order valence-corrected chi connectivity index (χ1v) is 13.7. The van der Waals surface area contributed by atoms with Crippen molar-refractivity contribution in [2.45, 2.75) is 24.4 Å². The van der Waals surface area contributed by atoms with E-state index >= 15 is 0 Å². The smallest absolute Gasteiger partial charge is 0.253 e. The summed E-state index contributed by atoms with van der Waals surface area (Å²) in [4.78, 5) is 19.8. The highest BCUT2D eigenvalue weighted by atomic mass is 79.9. The summed E-state index contributed by atoms with van der Waals surface area (Å²) in [6.07, 6.45) is 0.878. The second kappa shape index (κ2) is 12.3. The van der Waals surface area contributed by atoms with Gasteiger partial charge in [0, 0.05) is 78.8 Å². The van der Waals surface area contributed by atoms with Crippen molar-refractivity contribution in [2.24, 2.45) is 0 Å². The van der Waals surface area contributed by atoms with E-state index in [2.05, 4.69) is 47.0 Å². The molecule has 2 heterocycles. The topological polar surface area (TPSA) is 59.1 Å². The molecule has 2 aromatic rings. The van der Waals surface area contributed by atoms with Crippen LogP contribution in [0.1, 0.15) is 28.3 Å². The van der Waals surface area contributed by atoms with E-state index in [1.54, 1.807) is 4.90 Å². The van der Waals surface area contributed by atoms with E-state index in [0.717, 1.165) is 60.2 Å². The van der Waals surface area contributed by atoms with Gasteiger partial charge in [-0.15, -0.1) is 0 Å². The Morgan fingerprint density at radius 2 is 1.89 bits per heavy atom. The van der Waals surface area contributed by atoms with Crippen LogP contribution < -0.4 is 5.32 Å². The number of carbonyl (C=O) groups is 1. The zero-order chi connectivity index (χ0) is 24.9. The summed E-state index contributed by atoms with van der Waals surface area (Å²) in [5, 5.41) is 13.1. The summed E-state index contributed by atoms with van der Waals surface area (Å²) in [5.74, 6) is -0.198. The Balaban J connectivity index is 1.37. The number of aliphatic hydroxyl groups excluding tert-OH is 1. The largest absolute Gasteiger partial charge is 0.395 e. The number of amides is 1. The molecule has 0 bridgehead atoms. The van der Waals surface area contributed by atoms with E-state index in [9.17, 15) is 14.3 Å². The zero-order valence-electron chi connectivity index (χ0n) is 20.0. The molecule has 2 N–H and O–H groups in total. The molecule has 0 aliphatic carbocycles. The molecular formula is C26H33Br2FN4O2. The van der Waals surface area contributed by atoms with Crippen molar-refractivity contribution in [1.29, 1.82) is 0 Å². The molecule has 1 amide bonds. The van der Waals surface area contributed by atoms with Gasteiger partial charge in [-0.05, 0) is 48.9 Å². The summed E-state index contributed by atoms with van der Waals surface area (Å²) in [6.45, 7) is 6.42. The Kier molecular flexibility index (Phi) is 9.35. The second-order valence-electron chi connectivity index (χ2n) is 9.57. The number of likely N-dealkylation sites (N-methyl/N-ethyl adjacent to an activating group) is 1. The third-order valence-electron chi connectivity index (χ3n) is 7.10. The predicted molar refractivity (Wildman–Crippen MR) is 143 cm³/mol. The molecule has 2 aliphatic rings. The number of halogens is 3. The zero-order valence-corrected chi connectivity index (χ0v) is 23.1. The average Bonchev–Trinajstić information content (AvgIpc) is 2.82. The molecule has 1 unspecified atom stereocenters. The number of hydrogen-bond donors (Lipinski definition) is 2. The molecule has 2 aliphatic heterocycles. The number of nitrogens with one attached hydrogen (secondary N) is 1. The highest BCUT2D eigenvalue weighted by Crippen LogP contribution is 2.26. The number of carbonyl (C=O) groups excluding carboxylic acids is 1. The first-order valence-electron chi connectivity index (χ1n) is 12.1. The maximum Gasteiger partial charge on any atom is 0.253 e. The Morgan fingerprint density at radius 1 is 1.20 bits per heavy atom. The minimum absolute atomic E-state index is 0.0446. The van der Waals surface area contributed by atoms with Gasteiger partial charge in [0.25, 0.3) is 5.91 Å². The lowest BCUT2D eigenvalue weighted by molar-refractivity contribution is -0.0180. The van der Waals surface area contributed by atoms with Gasteiger partial charge in [-0.1, -0.05) is 44.0 Å². The standard InChI is InChI=1S/C26H33Br2FN4O2/c1-31(26(35)20-10-21(27)12-22(28)11-20)14-19(18-2-4-23(29)5-3-18)6-8-32-15-25(16-32)33-9-7-30-13-24(33)17-34/h2-5,10-12,19,24-25,30,34H,6-9,13-17H2,1H3/t19-,24?/m1/s1. The van der Waals surface area contributed by atoms with Crippen LogP contribution in [0, 0.1) is 5.82 Å². The fraction of sp³-hybridized carbons (Fsp3) is 0.500. The molecule has 2 saturated heterocycles. The number of aliphatic hydroxyl groups is 1. The summed E-state index contributed by atoms with van der Waals surface area (Å²) in [6, 6.07) is 12.9. The Bertz CT molecular complexity index is 983. The lowest BCUT2D eigenvalue weighted by Gasteiger charge is -2.50. The van der Waals surface area contributed by atoms with Crippen molar-refractivity contribution in [3.05, 3.63) is 68.4 Å². The first kappa shape index (κ1) is 26.7. The predicted octanol–water partition coefficient (Wildman–Crippen LogP) is 3.55. The number of benzene rings is 2. The van der Waals surface area contributed by atoms with Crippen LogP contribution in [-0.4, -0.2) is 97.3 Å². The summed E-state index contributed by atoms with van der Waals surface area (Å²) in [7, 11) is 1.83. The van der Waals surface area contributed by atoms with Crippen molar-refractivity contribution in [3.8, 4) is 0 Å². The van der Waals surface area contributed by atoms with Crippen molar-refractivity contribution in [1.82, 2.24) is 20.0 Å². The normalized spacial score (nSPS) is 20.4. The molecule has 6 nitrogen and oxygen atoms in total. The van der Waals surface area contributed by atoms with E-state index in [1.807, 2.05) is 37.4 Å². The lowest BCUT2D eigenvalue weighted by Crippen LogP contribution is -2.66. The van der Waals surface area contributed by atoms with E-state index in [0.29, 0.717) is 18.2 Å². The van der Waals surface area contributed by atoms with Crippen molar-refractivity contribution in [2.75, 3.05) is 59.5 Å². The number of piperazine rings is 1. The molecular weight excluding hydrogens is 579 g/mol. The minimum atomic E-state index is -0.254. The van der Waals surface area contributed by atoms with Crippen molar-refractivity contribution in [3.63, 3.8) is 0 Å². The van der Waals surface area contributed by atoms with Crippen molar-refractivity contribution < 1.29 is 14.3 Å². The summed E-state index contributed by atoms with van der Waals surface area (Å²) in [5.41, 5.74) is 1.66. The lowest BCUT2D eigenvalue weighted by atomic mass is 9.93. The molecule has 2 aromatic carbocycles. The van der Waals surface area contributed by atoms with Gasteiger partial charge in [-0.2, -0.15) is 0 Å². The van der Waals surface area contributed by atoms with Gasteiger partial charge < -0.3 is 20.2 Å². The number of likely N-dealkylation sites (tertiary alicyclic amines) is 1. The molecule has 0 radical (unpaired) electrons. The molecule has 190 valence electrons. The average molecular weight is 612 g/mol. The van der Waals surface area contributed by atoms with Crippen LogP contribution in [0.4, 0.5) is 4.39 Å². The SMILES string of the molecule is CN(C[C@@H](CCN1CC(N2CCNCC2CO)C1)c1ccc(F)cc1)C(=O)c1cc(Br)cc(Br)c1. The van der Waals surface area contributed by atoms with Crippen molar-refractivity contribution >= 4 is 37.8 Å². The second-order valence-corrected chi connectivity index (χ2v) is 11.4. The van der Waals surface area contributed by atoms with Gasteiger partial charge in [0.15, 0.2) is 0 Å². The maximum atomic E-state index is 13.6. The van der Waals surface area contributed by atoms with E-state index < -0.39 is 0 Å². The van der Waals surface area contributed by atoms with Gasteiger partial charge in [0.1, 0.15) is 5.82 Å². The highest BCUT2D eigenvalue weighted by molar-refractivity contribution is 9.11. The molecule has 0 spiro atoms. The maximum absolute atomic E-state index is 13.6. The fourth-order valence-corrected chi connectivity index (χ4v) is 6.40. The van der Waals surface area contributed by atoms with Crippen LogP contribution in [0.15, 0.2) is 51.4 Å². The number of rotatable bonds is 9. The molecule has 2 fully saturated rings. The van der Waals surface area contributed by atoms with E-state index in [-0.39, 0.29) is 30.3 Å². The van der Waals surface area contributed by atoms with Gasteiger partial charge in [-0.3, -0.25) is 9.69 Å². The third kappa shape index (κ3) is 6.90. The minimum Gasteiger partial charge on any atom is -0.395 e. The molecule has 2 atom stereocenters. The number of nitrogens with zero attached hydrogens (tertiary/aromatic N) is 3. The van der Waals surface area contributed by atoms with E-state index in [4.69, 9.17) is 0 Å².